The number of halogens is 3. The van der Waals surface area contributed by atoms with Crippen molar-refractivity contribution in [1.29, 1.82) is 0 Å². The lowest BCUT2D eigenvalue weighted by atomic mass is 9.96. The largest absolute Gasteiger partial charge is 0.496 e. The van der Waals surface area contributed by atoms with Gasteiger partial charge in [-0.15, -0.1) is 0 Å². The molecule has 36 heavy (non-hydrogen) atoms. The molecule has 1 unspecified atom stereocenters. The minimum Gasteiger partial charge on any atom is -0.496 e. The van der Waals surface area contributed by atoms with Gasteiger partial charge in [0.25, 0.3) is 0 Å². The van der Waals surface area contributed by atoms with Crippen molar-refractivity contribution in [2.45, 2.75) is 53.3 Å². The van der Waals surface area contributed by atoms with E-state index >= 15 is 0 Å². The number of allylic oxidation sites excluding steroid dienone is 1. The van der Waals surface area contributed by atoms with Gasteiger partial charge < -0.3 is 10.5 Å². The summed E-state index contributed by atoms with van der Waals surface area (Å²) in [5.41, 5.74) is 12.6. The van der Waals surface area contributed by atoms with Crippen molar-refractivity contribution in [3.05, 3.63) is 95.6 Å². The van der Waals surface area contributed by atoms with Crippen LogP contribution in [0.25, 0.3) is 16.7 Å². The minimum absolute atomic E-state index is 0.279. The van der Waals surface area contributed by atoms with Crippen LogP contribution < -0.4 is 10.5 Å². The summed E-state index contributed by atoms with van der Waals surface area (Å²) < 4.78 is 41.3. The summed E-state index contributed by atoms with van der Waals surface area (Å²) in [6, 6.07) is 20.9. The van der Waals surface area contributed by atoms with Crippen LogP contribution in [-0.2, 0) is 0 Å². The zero-order valence-electron chi connectivity index (χ0n) is 22.0. The molecule has 0 aromatic heterocycles. The van der Waals surface area contributed by atoms with Gasteiger partial charge in [0.15, 0.2) is 0 Å². The summed E-state index contributed by atoms with van der Waals surface area (Å²) in [5.74, 6) is 4.27. The van der Waals surface area contributed by atoms with Gasteiger partial charge in [0.2, 0.25) is 0 Å². The Morgan fingerprint density at radius 3 is 2.17 bits per heavy atom. The van der Waals surface area contributed by atoms with Crippen LogP contribution in [0.1, 0.15) is 62.4 Å². The fraction of sp³-hybridized carbons (Fsp3) is 0.290. The van der Waals surface area contributed by atoms with Crippen molar-refractivity contribution in [2.75, 3.05) is 7.11 Å². The Hall–Kier alpha value is -3.49. The van der Waals surface area contributed by atoms with Crippen LogP contribution in [0.5, 0.6) is 5.75 Å². The molecule has 5 heteroatoms. The summed E-state index contributed by atoms with van der Waals surface area (Å²) in [6.07, 6.45) is -3.81. The lowest BCUT2D eigenvalue weighted by molar-refractivity contribution is -0.0696. The third kappa shape index (κ3) is 9.28. The zero-order chi connectivity index (χ0) is 27.3. The molecule has 1 atom stereocenters. The van der Waals surface area contributed by atoms with Crippen LogP contribution in [0.3, 0.4) is 0 Å². The second-order valence-electron chi connectivity index (χ2n) is 7.86. The highest BCUT2D eigenvalue weighted by atomic mass is 19.4. The Balaban J connectivity index is 0.000000339. The molecule has 0 aliphatic heterocycles. The molecule has 0 bridgehead atoms. The van der Waals surface area contributed by atoms with Crippen LogP contribution in [0.15, 0.2) is 73.3 Å². The molecule has 3 rings (SSSR count). The topological polar surface area (TPSA) is 35.2 Å². The number of para-hydroxylation sites is 1. The smallest absolute Gasteiger partial charge is 0.458 e. The molecule has 0 heterocycles. The normalized spacial score (nSPS) is 10.9. The quantitative estimate of drug-likeness (QED) is 0.359. The van der Waals surface area contributed by atoms with Crippen molar-refractivity contribution in [3.8, 4) is 28.7 Å². The molecule has 0 amide bonds. The second kappa shape index (κ2) is 14.8. The highest BCUT2D eigenvalue weighted by Gasteiger charge is 2.23. The predicted octanol–water partition coefficient (Wildman–Crippen LogP) is 8.74. The van der Waals surface area contributed by atoms with E-state index < -0.39 is 6.18 Å². The molecule has 0 aliphatic carbocycles. The number of rotatable bonds is 5. The Bertz CT molecular complexity index is 1190. The third-order valence-electron chi connectivity index (χ3n) is 5.26. The number of benzene rings is 3. The molecule has 2 nitrogen and oxygen atoms in total. The summed E-state index contributed by atoms with van der Waals surface area (Å²) in [6.45, 7) is 14.0. The van der Waals surface area contributed by atoms with Crippen LogP contribution in [-0.4, -0.2) is 13.3 Å². The third-order valence-corrected chi connectivity index (χ3v) is 5.26. The standard InChI is InChI=1S/C17H18O.C12H12F3N.C2H6/c1-12(2)14-9-10-15(13(3)11-14)16-7-5-6-8-17(16)18-4;1-2-11(16)10-6-4-3-5-9(10)7-8-12(13,14)15;1-2/h5-11H,1H2,2-4H3;3-6,11H,2,16H2,1H3;1-2H3. The minimum atomic E-state index is -4.47. The highest BCUT2D eigenvalue weighted by Crippen LogP contribution is 2.33. The molecular formula is C31H36F3NO. The van der Waals surface area contributed by atoms with Crippen molar-refractivity contribution < 1.29 is 17.9 Å². The predicted molar refractivity (Wildman–Crippen MR) is 146 cm³/mol. The van der Waals surface area contributed by atoms with Gasteiger partial charge in [-0.1, -0.05) is 93.4 Å². The van der Waals surface area contributed by atoms with Crippen molar-refractivity contribution in [2.24, 2.45) is 5.73 Å². The molecule has 192 valence electrons. The van der Waals surface area contributed by atoms with E-state index in [4.69, 9.17) is 10.5 Å². The van der Waals surface area contributed by atoms with Crippen LogP contribution >= 0.6 is 0 Å². The number of ether oxygens (including phenoxy) is 1. The van der Waals surface area contributed by atoms with E-state index in [0.717, 1.165) is 16.9 Å². The summed E-state index contributed by atoms with van der Waals surface area (Å²) >= 11 is 0. The van der Waals surface area contributed by atoms with E-state index in [0.29, 0.717) is 17.5 Å². The number of nitrogens with two attached hydrogens (primary N) is 1. The van der Waals surface area contributed by atoms with Crippen LogP contribution in [0.4, 0.5) is 13.2 Å². The van der Waals surface area contributed by atoms with Gasteiger partial charge in [0.1, 0.15) is 5.75 Å². The molecule has 0 aliphatic rings. The fourth-order valence-corrected chi connectivity index (χ4v) is 3.39. The first kappa shape index (κ1) is 30.5. The maximum absolute atomic E-state index is 12.0. The van der Waals surface area contributed by atoms with Crippen LogP contribution in [0.2, 0.25) is 0 Å². The first-order valence-corrected chi connectivity index (χ1v) is 11.9. The second-order valence-corrected chi connectivity index (χ2v) is 7.86. The van der Waals surface area contributed by atoms with Gasteiger partial charge in [0, 0.05) is 23.1 Å². The van der Waals surface area contributed by atoms with E-state index in [1.807, 2.05) is 45.9 Å². The molecule has 3 aromatic carbocycles. The van der Waals surface area contributed by atoms with Gasteiger partial charge in [-0.05, 0) is 54.7 Å². The summed E-state index contributed by atoms with van der Waals surface area (Å²) in [4.78, 5) is 0. The molecule has 2 N–H and O–H groups in total. The Morgan fingerprint density at radius 2 is 1.61 bits per heavy atom. The molecule has 3 aromatic rings. The number of alkyl halides is 3. The Kier molecular flexibility index (Phi) is 12.6. The van der Waals surface area contributed by atoms with Gasteiger partial charge in [-0.2, -0.15) is 13.2 Å². The molecule has 0 fully saturated rings. The van der Waals surface area contributed by atoms with Crippen LogP contribution in [0, 0.1) is 18.8 Å². The van der Waals surface area contributed by atoms with E-state index in [1.54, 1.807) is 31.4 Å². The Morgan fingerprint density at radius 1 is 1.00 bits per heavy atom. The fourth-order valence-electron chi connectivity index (χ4n) is 3.39. The maximum atomic E-state index is 12.0. The first-order valence-electron chi connectivity index (χ1n) is 11.9. The average molecular weight is 496 g/mol. The summed E-state index contributed by atoms with van der Waals surface area (Å²) in [7, 11) is 1.70. The van der Waals surface area contributed by atoms with E-state index in [2.05, 4.69) is 43.7 Å². The SMILES string of the molecule is C=C(C)c1ccc(-c2ccccc2OC)c(C)c1.CC.CCC(N)c1ccccc1C#CC(F)(F)F. The van der Waals surface area contributed by atoms with Gasteiger partial charge in [-0.3, -0.25) is 0 Å². The molecule has 0 radical (unpaired) electrons. The molecule has 0 saturated heterocycles. The molecule has 0 spiro atoms. The lowest BCUT2D eigenvalue weighted by Crippen LogP contribution is -2.10. The summed E-state index contributed by atoms with van der Waals surface area (Å²) in [5, 5.41) is 0. The van der Waals surface area contributed by atoms with Crippen molar-refractivity contribution >= 4 is 5.57 Å². The van der Waals surface area contributed by atoms with E-state index in [9.17, 15) is 13.2 Å². The average Bonchev–Trinajstić information content (AvgIpc) is 2.88. The highest BCUT2D eigenvalue weighted by molar-refractivity contribution is 5.75. The van der Waals surface area contributed by atoms with Crippen molar-refractivity contribution in [1.82, 2.24) is 0 Å². The van der Waals surface area contributed by atoms with E-state index in [-0.39, 0.29) is 6.04 Å². The maximum Gasteiger partial charge on any atom is 0.458 e. The van der Waals surface area contributed by atoms with Crippen molar-refractivity contribution in [3.63, 3.8) is 0 Å². The zero-order valence-corrected chi connectivity index (χ0v) is 22.0. The number of hydrogen-bond donors (Lipinski definition) is 1. The van der Waals surface area contributed by atoms with E-state index in [1.165, 1.54) is 22.6 Å². The molecule has 0 saturated carbocycles. The Labute approximate surface area is 214 Å². The number of hydrogen-bond acceptors (Lipinski definition) is 2. The lowest BCUT2D eigenvalue weighted by Gasteiger charge is -2.12. The first-order chi connectivity index (χ1) is 17.1. The number of aryl methyl sites for hydroxylation is 1. The van der Waals surface area contributed by atoms with Gasteiger partial charge in [0.05, 0.1) is 7.11 Å². The van der Waals surface area contributed by atoms with Gasteiger partial charge in [-0.25, -0.2) is 0 Å². The molecular weight excluding hydrogens is 459 g/mol. The number of methoxy groups -OCH3 is 1. The monoisotopic (exact) mass is 495 g/mol. The van der Waals surface area contributed by atoms with Gasteiger partial charge >= 0.3 is 6.18 Å².